The molecule has 0 amide bonds. The standard InChI is InChI=1S/C15H21NO3/c1-10-9-11(15(17)18)3-8-14(10)16-12-4-6-13(19-2)7-5-12/h3,8-9,12-13,16H,4-7H2,1-2H3,(H,17,18). The van der Waals surface area contributed by atoms with Crippen LogP contribution >= 0.6 is 0 Å². The van der Waals surface area contributed by atoms with E-state index in [4.69, 9.17) is 9.84 Å². The molecule has 4 heteroatoms. The highest BCUT2D eigenvalue weighted by atomic mass is 16.5. The summed E-state index contributed by atoms with van der Waals surface area (Å²) in [4.78, 5) is 10.9. The van der Waals surface area contributed by atoms with Crippen LogP contribution in [0, 0.1) is 6.92 Å². The fourth-order valence-electron chi connectivity index (χ4n) is 2.62. The molecule has 1 aliphatic carbocycles. The smallest absolute Gasteiger partial charge is 0.335 e. The van der Waals surface area contributed by atoms with Crippen LogP contribution < -0.4 is 5.32 Å². The molecule has 0 aromatic heterocycles. The number of aromatic carboxylic acids is 1. The first-order valence-corrected chi connectivity index (χ1v) is 6.73. The zero-order valence-electron chi connectivity index (χ0n) is 11.5. The summed E-state index contributed by atoms with van der Waals surface area (Å²) in [6, 6.07) is 5.69. The van der Waals surface area contributed by atoms with Crippen LogP contribution in [-0.2, 0) is 4.74 Å². The molecule has 2 rings (SSSR count). The number of carbonyl (C=O) groups is 1. The molecule has 0 unspecified atom stereocenters. The second-order valence-electron chi connectivity index (χ2n) is 5.19. The summed E-state index contributed by atoms with van der Waals surface area (Å²) in [6.45, 7) is 1.94. The van der Waals surface area contributed by atoms with E-state index in [-0.39, 0.29) is 0 Å². The second kappa shape index (κ2) is 6.06. The number of aryl methyl sites for hydroxylation is 1. The van der Waals surface area contributed by atoms with E-state index in [1.54, 1.807) is 19.2 Å². The number of methoxy groups -OCH3 is 1. The van der Waals surface area contributed by atoms with Crippen LogP contribution in [0.15, 0.2) is 18.2 Å². The van der Waals surface area contributed by atoms with Crippen molar-refractivity contribution in [3.8, 4) is 0 Å². The van der Waals surface area contributed by atoms with Gasteiger partial charge in [-0.25, -0.2) is 4.79 Å². The molecule has 0 saturated heterocycles. The van der Waals surface area contributed by atoms with E-state index in [0.29, 0.717) is 17.7 Å². The molecule has 1 aromatic carbocycles. The van der Waals surface area contributed by atoms with Gasteiger partial charge in [-0.2, -0.15) is 0 Å². The maximum atomic E-state index is 10.9. The molecule has 0 aliphatic heterocycles. The Morgan fingerprint density at radius 3 is 2.53 bits per heavy atom. The van der Waals surface area contributed by atoms with Gasteiger partial charge in [0.2, 0.25) is 0 Å². The Labute approximate surface area is 113 Å². The summed E-state index contributed by atoms with van der Waals surface area (Å²) < 4.78 is 5.36. The SMILES string of the molecule is COC1CCC(Nc2ccc(C(=O)O)cc2C)CC1. The van der Waals surface area contributed by atoms with E-state index < -0.39 is 5.97 Å². The highest BCUT2D eigenvalue weighted by molar-refractivity contribution is 5.88. The zero-order chi connectivity index (χ0) is 13.8. The summed E-state index contributed by atoms with van der Waals surface area (Å²) in [5, 5.41) is 12.5. The lowest BCUT2D eigenvalue weighted by molar-refractivity contribution is 0.0681. The molecular formula is C15H21NO3. The van der Waals surface area contributed by atoms with Gasteiger partial charge in [-0.3, -0.25) is 0 Å². The quantitative estimate of drug-likeness (QED) is 0.876. The van der Waals surface area contributed by atoms with E-state index in [1.165, 1.54) is 0 Å². The Bertz CT molecular complexity index is 451. The predicted octanol–water partition coefficient (Wildman–Crippen LogP) is 3.06. The molecule has 0 heterocycles. The van der Waals surface area contributed by atoms with Gasteiger partial charge in [0.15, 0.2) is 0 Å². The van der Waals surface area contributed by atoms with Crippen molar-refractivity contribution < 1.29 is 14.6 Å². The van der Waals surface area contributed by atoms with Crippen molar-refractivity contribution in [2.75, 3.05) is 12.4 Å². The van der Waals surface area contributed by atoms with E-state index in [1.807, 2.05) is 13.0 Å². The number of rotatable bonds is 4. The highest BCUT2D eigenvalue weighted by Gasteiger charge is 2.21. The van der Waals surface area contributed by atoms with E-state index >= 15 is 0 Å². The largest absolute Gasteiger partial charge is 0.478 e. The molecule has 4 nitrogen and oxygen atoms in total. The summed E-state index contributed by atoms with van der Waals surface area (Å²) in [6.07, 6.45) is 4.76. The number of hydrogen-bond acceptors (Lipinski definition) is 3. The van der Waals surface area contributed by atoms with E-state index in [2.05, 4.69) is 5.32 Å². The van der Waals surface area contributed by atoms with Crippen LogP contribution in [-0.4, -0.2) is 30.3 Å². The first-order chi connectivity index (χ1) is 9.10. The molecule has 1 aromatic rings. The normalized spacial score (nSPS) is 23.1. The number of benzene rings is 1. The van der Waals surface area contributed by atoms with Gasteiger partial charge in [-0.1, -0.05) is 0 Å². The van der Waals surface area contributed by atoms with Gasteiger partial charge in [0.25, 0.3) is 0 Å². The fraction of sp³-hybridized carbons (Fsp3) is 0.533. The van der Waals surface area contributed by atoms with Crippen molar-refractivity contribution >= 4 is 11.7 Å². The van der Waals surface area contributed by atoms with Crippen LogP contribution in [0.5, 0.6) is 0 Å². The summed E-state index contributed by atoms with van der Waals surface area (Å²) in [7, 11) is 1.77. The molecule has 0 atom stereocenters. The van der Waals surface area contributed by atoms with Crippen LogP contribution in [0.3, 0.4) is 0 Å². The monoisotopic (exact) mass is 263 g/mol. The summed E-state index contributed by atoms with van der Waals surface area (Å²) in [5.74, 6) is -0.879. The third-order valence-corrected chi connectivity index (χ3v) is 3.84. The van der Waals surface area contributed by atoms with Crippen molar-refractivity contribution in [3.63, 3.8) is 0 Å². The average Bonchev–Trinajstić information content (AvgIpc) is 2.41. The molecule has 1 fully saturated rings. The van der Waals surface area contributed by atoms with E-state index in [9.17, 15) is 4.79 Å². The lowest BCUT2D eigenvalue weighted by Crippen LogP contribution is -2.29. The average molecular weight is 263 g/mol. The Morgan fingerprint density at radius 1 is 1.32 bits per heavy atom. The van der Waals surface area contributed by atoms with Gasteiger partial charge in [0.05, 0.1) is 11.7 Å². The lowest BCUT2D eigenvalue weighted by atomic mass is 9.92. The van der Waals surface area contributed by atoms with Gasteiger partial charge in [0.1, 0.15) is 0 Å². The summed E-state index contributed by atoms with van der Waals surface area (Å²) in [5.41, 5.74) is 2.35. The van der Waals surface area contributed by atoms with Crippen molar-refractivity contribution in [2.24, 2.45) is 0 Å². The third-order valence-electron chi connectivity index (χ3n) is 3.84. The highest BCUT2D eigenvalue weighted by Crippen LogP contribution is 2.25. The van der Waals surface area contributed by atoms with Crippen molar-refractivity contribution in [3.05, 3.63) is 29.3 Å². The minimum Gasteiger partial charge on any atom is -0.478 e. The Balaban J connectivity index is 1.98. The number of carboxylic acids is 1. The number of carboxylic acid groups (broad SMARTS) is 1. The molecule has 0 spiro atoms. The first kappa shape index (κ1) is 13.9. The Kier molecular flexibility index (Phi) is 4.43. The fourth-order valence-corrected chi connectivity index (χ4v) is 2.62. The van der Waals surface area contributed by atoms with Gasteiger partial charge in [-0.15, -0.1) is 0 Å². The summed E-state index contributed by atoms with van der Waals surface area (Å²) >= 11 is 0. The number of anilines is 1. The molecule has 2 N–H and O–H groups in total. The zero-order valence-corrected chi connectivity index (χ0v) is 11.5. The minimum absolute atomic E-state index is 0.339. The topological polar surface area (TPSA) is 58.6 Å². The molecule has 19 heavy (non-hydrogen) atoms. The van der Waals surface area contributed by atoms with Crippen molar-refractivity contribution in [2.45, 2.75) is 44.8 Å². The van der Waals surface area contributed by atoms with Gasteiger partial charge >= 0.3 is 5.97 Å². The van der Waals surface area contributed by atoms with Crippen LogP contribution in [0.25, 0.3) is 0 Å². The van der Waals surface area contributed by atoms with Gasteiger partial charge in [0, 0.05) is 18.8 Å². The lowest BCUT2D eigenvalue weighted by Gasteiger charge is -2.29. The van der Waals surface area contributed by atoms with Crippen molar-refractivity contribution in [1.82, 2.24) is 0 Å². The maximum absolute atomic E-state index is 10.9. The van der Waals surface area contributed by atoms with Crippen LogP contribution in [0.1, 0.15) is 41.6 Å². The number of nitrogens with one attached hydrogen (secondary N) is 1. The third kappa shape index (κ3) is 3.47. The Morgan fingerprint density at radius 2 is 2.00 bits per heavy atom. The number of hydrogen-bond donors (Lipinski definition) is 2. The number of ether oxygens (including phenoxy) is 1. The van der Waals surface area contributed by atoms with Gasteiger partial charge < -0.3 is 15.2 Å². The Hall–Kier alpha value is -1.55. The van der Waals surface area contributed by atoms with Crippen molar-refractivity contribution in [1.29, 1.82) is 0 Å². The molecule has 0 radical (unpaired) electrons. The molecule has 104 valence electrons. The molecular weight excluding hydrogens is 242 g/mol. The first-order valence-electron chi connectivity index (χ1n) is 6.73. The van der Waals surface area contributed by atoms with E-state index in [0.717, 1.165) is 36.9 Å². The molecule has 0 bridgehead atoms. The second-order valence-corrected chi connectivity index (χ2v) is 5.19. The molecule has 1 saturated carbocycles. The molecule has 1 aliphatic rings. The minimum atomic E-state index is -0.879. The van der Waals surface area contributed by atoms with Gasteiger partial charge in [-0.05, 0) is 56.4 Å². The predicted molar refractivity (Wildman–Crippen MR) is 74.8 cm³/mol. The van der Waals surface area contributed by atoms with Crippen LogP contribution in [0.2, 0.25) is 0 Å². The maximum Gasteiger partial charge on any atom is 0.335 e. The van der Waals surface area contributed by atoms with Crippen LogP contribution in [0.4, 0.5) is 5.69 Å².